The monoisotopic (exact) mass is 288 g/mol. The molecular weight excluding hydrogens is 260 g/mol. The molecule has 0 spiro atoms. The molecule has 21 heavy (non-hydrogen) atoms. The minimum absolute atomic E-state index is 0.00736. The van der Waals surface area contributed by atoms with Gasteiger partial charge >= 0.3 is 0 Å². The van der Waals surface area contributed by atoms with E-state index in [1.54, 1.807) is 0 Å². The summed E-state index contributed by atoms with van der Waals surface area (Å²) in [6.45, 7) is 7.16. The topological polar surface area (TPSA) is 32.3 Å². The summed E-state index contributed by atoms with van der Waals surface area (Å²) in [5.74, 6) is 1.34. The van der Waals surface area contributed by atoms with Crippen LogP contribution in [0, 0.1) is 11.8 Å². The Morgan fingerprint density at radius 2 is 1.86 bits per heavy atom. The second kappa shape index (κ2) is 7.60. The minimum Gasteiger partial charge on any atom is -0.342 e. The number of rotatable bonds is 5. The average molecular weight is 288 g/mol. The molecule has 0 bridgehead atoms. The van der Waals surface area contributed by atoms with Crippen molar-refractivity contribution in [1.82, 2.24) is 10.2 Å². The number of carbonyl (C=O) groups is 1. The summed E-state index contributed by atoms with van der Waals surface area (Å²) in [4.78, 5) is 15.0. The molecule has 0 saturated carbocycles. The maximum absolute atomic E-state index is 12.9. The summed E-state index contributed by atoms with van der Waals surface area (Å²) >= 11 is 0. The molecule has 1 fully saturated rings. The maximum atomic E-state index is 12.9. The number of nitrogens with one attached hydrogen (secondary N) is 1. The molecule has 1 saturated heterocycles. The fraction of sp³-hybridized carbons (Fsp3) is 0.611. The molecule has 1 N–H and O–H groups in total. The van der Waals surface area contributed by atoms with Gasteiger partial charge in [0, 0.05) is 13.1 Å². The first-order valence-electron chi connectivity index (χ1n) is 8.11. The lowest BCUT2D eigenvalue weighted by Gasteiger charge is -2.35. The fourth-order valence-electron chi connectivity index (χ4n) is 3.32. The fourth-order valence-corrected chi connectivity index (χ4v) is 3.32. The Labute approximate surface area is 128 Å². The van der Waals surface area contributed by atoms with Crippen molar-refractivity contribution in [2.75, 3.05) is 26.7 Å². The van der Waals surface area contributed by atoms with Gasteiger partial charge in [-0.25, -0.2) is 0 Å². The van der Waals surface area contributed by atoms with Gasteiger partial charge in [0.25, 0.3) is 0 Å². The molecule has 0 aliphatic carbocycles. The van der Waals surface area contributed by atoms with Gasteiger partial charge in [-0.05, 0) is 43.8 Å². The highest BCUT2D eigenvalue weighted by Crippen LogP contribution is 2.28. The number of benzene rings is 1. The summed E-state index contributed by atoms with van der Waals surface area (Å²) in [5.41, 5.74) is 1.15. The molecule has 116 valence electrons. The highest BCUT2D eigenvalue weighted by molar-refractivity contribution is 5.84. The van der Waals surface area contributed by atoms with Gasteiger partial charge in [0.2, 0.25) is 5.91 Å². The van der Waals surface area contributed by atoms with E-state index in [1.807, 2.05) is 25.2 Å². The van der Waals surface area contributed by atoms with Gasteiger partial charge in [0.05, 0.1) is 5.92 Å². The Morgan fingerprint density at radius 3 is 2.38 bits per heavy atom. The van der Waals surface area contributed by atoms with Gasteiger partial charge in [-0.15, -0.1) is 0 Å². The van der Waals surface area contributed by atoms with Gasteiger partial charge in [-0.1, -0.05) is 44.2 Å². The number of likely N-dealkylation sites (tertiary alicyclic amines) is 1. The normalized spacial score (nSPS) is 18.0. The van der Waals surface area contributed by atoms with Crippen LogP contribution in [0.3, 0.4) is 0 Å². The van der Waals surface area contributed by atoms with Crippen molar-refractivity contribution in [3.63, 3.8) is 0 Å². The van der Waals surface area contributed by atoms with Crippen LogP contribution in [0.1, 0.15) is 38.2 Å². The van der Waals surface area contributed by atoms with E-state index < -0.39 is 0 Å². The van der Waals surface area contributed by atoms with Crippen LogP contribution in [0.5, 0.6) is 0 Å². The van der Waals surface area contributed by atoms with Crippen molar-refractivity contribution >= 4 is 5.91 Å². The van der Waals surface area contributed by atoms with Gasteiger partial charge in [0.1, 0.15) is 0 Å². The third-order valence-electron chi connectivity index (χ3n) is 4.51. The Morgan fingerprint density at radius 1 is 1.24 bits per heavy atom. The first kappa shape index (κ1) is 16.0. The highest BCUT2D eigenvalue weighted by Gasteiger charge is 2.30. The number of amides is 1. The van der Waals surface area contributed by atoms with Crippen LogP contribution in [0.2, 0.25) is 0 Å². The van der Waals surface area contributed by atoms with Crippen LogP contribution in [0.15, 0.2) is 30.3 Å². The molecule has 1 aliphatic heterocycles. The highest BCUT2D eigenvalue weighted by atomic mass is 16.2. The van der Waals surface area contributed by atoms with Gasteiger partial charge in [-0.2, -0.15) is 0 Å². The van der Waals surface area contributed by atoms with Crippen LogP contribution in [-0.2, 0) is 4.79 Å². The molecular formula is C18H28N2O. The van der Waals surface area contributed by atoms with Crippen LogP contribution in [-0.4, -0.2) is 37.5 Å². The summed E-state index contributed by atoms with van der Waals surface area (Å²) in [6, 6.07) is 10.2. The molecule has 2 rings (SSSR count). The largest absolute Gasteiger partial charge is 0.342 e. The molecule has 1 aliphatic rings. The predicted molar refractivity (Wildman–Crippen MR) is 87.3 cm³/mol. The second-order valence-electron chi connectivity index (χ2n) is 6.46. The lowest BCUT2D eigenvalue weighted by atomic mass is 9.86. The Kier molecular flexibility index (Phi) is 5.80. The van der Waals surface area contributed by atoms with E-state index in [0.717, 1.165) is 38.0 Å². The van der Waals surface area contributed by atoms with E-state index in [0.29, 0.717) is 17.7 Å². The van der Waals surface area contributed by atoms with Crippen LogP contribution in [0.25, 0.3) is 0 Å². The van der Waals surface area contributed by atoms with Crippen molar-refractivity contribution < 1.29 is 4.79 Å². The first-order chi connectivity index (χ1) is 10.1. The predicted octanol–water partition coefficient (Wildman–Crippen LogP) is 2.88. The van der Waals surface area contributed by atoms with Gasteiger partial charge in [-0.3, -0.25) is 4.79 Å². The molecule has 3 heteroatoms. The van der Waals surface area contributed by atoms with Crippen molar-refractivity contribution in [2.45, 2.75) is 32.6 Å². The number of hydrogen-bond acceptors (Lipinski definition) is 2. The van der Waals surface area contributed by atoms with E-state index >= 15 is 0 Å². The zero-order chi connectivity index (χ0) is 15.2. The minimum atomic E-state index is -0.00736. The molecule has 1 amide bonds. The molecule has 1 aromatic carbocycles. The maximum Gasteiger partial charge on any atom is 0.230 e. The quantitative estimate of drug-likeness (QED) is 0.903. The molecule has 0 radical (unpaired) electrons. The van der Waals surface area contributed by atoms with Gasteiger partial charge < -0.3 is 10.2 Å². The van der Waals surface area contributed by atoms with Crippen LogP contribution >= 0.6 is 0 Å². The second-order valence-corrected chi connectivity index (χ2v) is 6.46. The lowest BCUT2D eigenvalue weighted by molar-refractivity contribution is -0.135. The Balaban J connectivity index is 2.03. The van der Waals surface area contributed by atoms with E-state index in [9.17, 15) is 4.79 Å². The van der Waals surface area contributed by atoms with E-state index in [4.69, 9.17) is 0 Å². The van der Waals surface area contributed by atoms with Crippen molar-refractivity contribution in [3.8, 4) is 0 Å². The Bertz CT molecular complexity index is 436. The van der Waals surface area contributed by atoms with Gasteiger partial charge in [0.15, 0.2) is 0 Å². The summed E-state index contributed by atoms with van der Waals surface area (Å²) in [7, 11) is 2.00. The molecule has 1 aromatic rings. The average Bonchev–Trinajstić information content (AvgIpc) is 2.49. The van der Waals surface area contributed by atoms with Crippen LogP contribution < -0.4 is 5.32 Å². The molecule has 3 nitrogen and oxygen atoms in total. The molecule has 1 heterocycles. The molecule has 1 atom stereocenters. The smallest absolute Gasteiger partial charge is 0.230 e. The van der Waals surface area contributed by atoms with Crippen molar-refractivity contribution in [1.29, 1.82) is 0 Å². The number of nitrogens with zero attached hydrogens (tertiary/aromatic N) is 1. The van der Waals surface area contributed by atoms with E-state index in [-0.39, 0.29) is 5.92 Å². The summed E-state index contributed by atoms with van der Waals surface area (Å²) in [6.07, 6.45) is 2.23. The Hall–Kier alpha value is -1.35. The number of hydrogen-bond donors (Lipinski definition) is 1. The lowest BCUT2D eigenvalue weighted by Crippen LogP contribution is -2.43. The van der Waals surface area contributed by atoms with Crippen molar-refractivity contribution in [3.05, 3.63) is 35.9 Å². The van der Waals surface area contributed by atoms with Crippen LogP contribution in [0.4, 0.5) is 0 Å². The standard InChI is InChI=1S/C18H28N2O/c1-14(2)17(16-7-5-4-6-8-16)18(21)20-11-9-15(10-12-20)13-19-3/h4-8,14-15,17,19H,9-13H2,1-3H3. The summed E-state index contributed by atoms with van der Waals surface area (Å²) in [5, 5.41) is 3.24. The summed E-state index contributed by atoms with van der Waals surface area (Å²) < 4.78 is 0. The third-order valence-corrected chi connectivity index (χ3v) is 4.51. The number of piperidine rings is 1. The zero-order valence-electron chi connectivity index (χ0n) is 13.5. The number of carbonyl (C=O) groups excluding carboxylic acids is 1. The van der Waals surface area contributed by atoms with Crippen molar-refractivity contribution in [2.24, 2.45) is 11.8 Å². The van der Waals surface area contributed by atoms with E-state index in [1.165, 1.54) is 0 Å². The zero-order valence-corrected chi connectivity index (χ0v) is 13.5. The SMILES string of the molecule is CNCC1CCN(C(=O)C(c2ccccc2)C(C)C)CC1. The van der Waals surface area contributed by atoms with E-state index in [2.05, 4.69) is 36.2 Å². The molecule has 1 unspecified atom stereocenters. The molecule has 0 aromatic heterocycles. The third kappa shape index (κ3) is 4.07. The first-order valence-corrected chi connectivity index (χ1v) is 8.11.